The van der Waals surface area contributed by atoms with Crippen LogP contribution >= 0.6 is 11.8 Å². The van der Waals surface area contributed by atoms with Crippen molar-refractivity contribution in [1.82, 2.24) is 5.16 Å². The van der Waals surface area contributed by atoms with Crippen molar-refractivity contribution in [3.63, 3.8) is 0 Å². The summed E-state index contributed by atoms with van der Waals surface area (Å²) in [7, 11) is 0. The van der Waals surface area contributed by atoms with E-state index in [1.165, 1.54) is 18.0 Å². The Hall–Kier alpha value is -0.950. The van der Waals surface area contributed by atoms with Gasteiger partial charge in [0.15, 0.2) is 0 Å². The lowest BCUT2D eigenvalue weighted by atomic mass is 10.3. The van der Waals surface area contributed by atoms with Crippen molar-refractivity contribution < 1.29 is 4.52 Å². The smallest absolute Gasteiger partial charge is 0.134 e. The van der Waals surface area contributed by atoms with Crippen molar-refractivity contribution in [3.8, 4) is 5.40 Å². The van der Waals surface area contributed by atoms with E-state index < -0.39 is 0 Å². The number of nitrogens with zero attached hydrogens (tertiary/aromatic N) is 2. The minimum absolute atomic E-state index is 0.101. The minimum Gasteiger partial charge on any atom is -0.364 e. The fourth-order valence-electron chi connectivity index (χ4n) is 0.571. The number of thiocyanates is 1. The van der Waals surface area contributed by atoms with Crippen LogP contribution in [0.2, 0.25) is 0 Å². The van der Waals surface area contributed by atoms with Crippen LogP contribution in [0.5, 0.6) is 0 Å². The van der Waals surface area contributed by atoms with Gasteiger partial charge in [-0.05, 0) is 18.7 Å². The largest absolute Gasteiger partial charge is 0.364 e. The van der Waals surface area contributed by atoms with Crippen molar-refractivity contribution in [1.29, 1.82) is 5.26 Å². The molecular weight excluding hydrogens is 148 g/mol. The van der Waals surface area contributed by atoms with E-state index in [9.17, 15) is 0 Å². The summed E-state index contributed by atoms with van der Waals surface area (Å²) in [5, 5.41) is 14.1. The SMILES string of the molecule is CC(SC#N)c1ccon1. The molecule has 1 aromatic heterocycles. The molecule has 0 aliphatic rings. The summed E-state index contributed by atoms with van der Waals surface area (Å²) in [4.78, 5) is 0. The molecule has 0 spiro atoms. The molecule has 1 heterocycles. The highest BCUT2D eigenvalue weighted by Crippen LogP contribution is 2.24. The van der Waals surface area contributed by atoms with Crippen LogP contribution in [0, 0.1) is 10.7 Å². The van der Waals surface area contributed by atoms with Gasteiger partial charge in [-0.3, -0.25) is 0 Å². The van der Waals surface area contributed by atoms with Gasteiger partial charge in [0.2, 0.25) is 0 Å². The van der Waals surface area contributed by atoms with E-state index in [0.29, 0.717) is 0 Å². The van der Waals surface area contributed by atoms with Crippen LogP contribution in [-0.4, -0.2) is 5.16 Å². The molecule has 4 heteroatoms. The van der Waals surface area contributed by atoms with Crippen LogP contribution in [0.25, 0.3) is 0 Å². The van der Waals surface area contributed by atoms with Crippen LogP contribution in [-0.2, 0) is 0 Å². The molecule has 0 radical (unpaired) electrons. The van der Waals surface area contributed by atoms with Gasteiger partial charge in [0.1, 0.15) is 11.7 Å². The lowest BCUT2D eigenvalue weighted by Crippen LogP contribution is -1.84. The van der Waals surface area contributed by atoms with Gasteiger partial charge in [0.25, 0.3) is 0 Å². The van der Waals surface area contributed by atoms with Crippen LogP contribution in [0.15, 0.2) is 16.9 Å². The van der Waals surface area contributed by atoms with E-state index in [0.717, 1.165) is 5.69 Å². The molecule has 0 fully saturated rings. The van der Waals surface area contributed by atoms with Crippen molar-refractivity contribution in [3.05, 3.63) is 18.0 Å². The first-order valence-corrected chi connectivity index (χ1v) is 3.67. The van der Waals surface area contributed by atoms with E-state index in [2.05, 4.69) is 9.68 Å². The topological polar surface area (TPSA) is 49.8 Å². The fourth-order valence-corrected chi connectivity index (χ4v) is 0.971. The normalized spacial score (nSPS) is 12.4. The highest BCUT2D eigenvalue weighted by Gasteiger charge is 2.07. The van der Waals surface area contributed by atoms with Gasteiger partial charge in [-0.15, -0.1) is 0 Å². The molecule has 0 saturated carbocycles. The molecule has 0 amide bonds. The molecule has 0 saturated heterocycles. The predicted molar refractivity (Wildman–Crippen MR) is 38.1 cm³/mol. The molecule has 52 valence electrons. The highest BCUT2D eigenvalue weighted by molar-refractivity contribution is 8.03. The fraction of sp³-hybridized carbons (Fsp3) is 0.333. The molecule has 1 aromatic rings. The summed E-state index contributed by atoms with van der Waals surface area (Å²) < 4.78 is 4.61. The molecule has 0 bridgehead atoms. The lowest BCUT2D eigenvalue weighted by molar-refractivity contribution is 0.412. The van der Waals surface area contributed by atoms with Crippen LogP contribution in [0.4, 0.5) is 0 Å². The third-order valence-corrected chi connectivity index (χ3v) is 1.80. The quantitative estimate of drug-likeness (QED) is 0.611. The Balaban J connectivity index is 2.61. The monoisotopic (exact) mass is 154 g/mol. The molecular formula is C6H6N2OS. The van der Waals surface area contributed by atoms with E-state index >= 15 is 0 Å². The van der Waals surface area contributed by atoms with E-state index in [-0.39, 0.29) is 5.25 Å². The number of nitriles is 1. The maximum Gasteiger partial charge on any atom is 0.134 e. The number of aromatic nitrogens is 1. The molecule has 0 aliphatic heterocycles. The van der Waals surface area contributed by atoms with Gasteiger partial charge in [-0.25, -0.2) is 0 Å². The third-order valence-electron chi connectivity index (χ3n) is 1.10. The van der Waals surface area contributed by atoms with Crippen molar-refractivity contribution >= 4 is 11.8 Å². The Bertz CT molecular complexity index is 226. The van der Waals surface area contributed by atoms with Gasteiger partial charge >= 0.3 is 0 Å². The Labute approximate surface area is 63.0 Å². The van der Waals surface area contributed by atoms with E-state index in [1.807, 2.05) is 12.3 Å². The zero-order valence-electron chi connectivity index (χ0n) is 5.44. The van der Waals surface area contributed by atoms with Gasteiger partial charge < -0.3 is 4.52 Å². The first kappa shape index (κ1) is 7.16. The molecule has 10 heavy (non-hydrogen) atoms. The summed E-state index contributed by atoms with van der Waals surface area (Å²) in [5.74, 6) is 0. The average molecular weight is 154 g/mol. The summed E-state index contributed by atoms with van der Waals surface area (Å²) in [6.45, 7) is 1.91. The van der Waals surface area contributed by atoms with Crippen LogP contribution < -0.4 is 0 Å². The predicted octanol–water partition coefficient (Wildman–Crippen LogP) is 1.95. The summed E-state index contributed by atoms with van der Waals surface area (Å²) in [6.07, 6.45) is 1.50. The van der Waals surface area contributed by atoms with Crippen LogP contribution in [0.3, 0.4) is 0 Å². The third kappa shape index (κ3) is 1.52. The van der Waals surface area contributed by atoms with Gasteiger partial charge in [-0.1, -0.05) is 5.16 Å². The molecule has 1 unspecified atom stereocenters. The Kier molecular flexibility index (Phi) is 2.35. The first-order valence-electron chi connectivity index (χ1n) is 2.79. The van der Waals surface area contributed by atoms with E-state index in [1.54, 1.807) is 6.07 Å². The number of thioether (sulfide) groups is 1. The number of rotatable bonds is 2. The summed E-state index contributed by atoms with van der Waals surface area (Å²) in [5.41, 5.74) is 0.812. The van der Waals surface area contributed by atoms with Crippen molar-refractivity contribution in [2.75, 3.05) is 0 Å². The summed E-state index contributed by atoms with van der Waals surface area (Å²) in [6, 6.07) is 1.76. The molecule has 0 N–H and O–H groups in total. The lowest BCUT2D eigenvalue weighted by Gasteiger charge is -1.96. The Morgan fingerprint density at radius 2 is 2.70 bits per heavy atom. The Morgan fingerprint density at radius 3 is 3.20 bits per heavy atom. The molecule has 1 rings (SSSR count). The van der Waals surface area contributed by atoms with Gasteiger partial charge in [-0.2, -0.15) is 5.26 Å². The molecule has 0 aliphatic carbocycles. The zero-order valence-corrected chi connectivity index (χ0v) is 6.26. The Morgan fingerprint density at radius 1 is 1.90 bits per heavy atom. The van der Waals surface area contributed by atoms with Crippen LogP contribution in [0.1, 0.15) is 17.9 Å². The average Bonchev–Trinajstić information content (AvgIpc) is 2.38. The highest BCUT2D eigenvalue weighted by atomic mass is 32.2. The van der Waals surface area contributed by atoms with Gasteiger partial charge in [0, 0.05) is 6.07 Å². The zero-order chi connectivity index (χ0) is 7.40. The second-order valence-electron chi connectivity index (χ2n) is 1.78. The molecule has 3 nitrogen and oxygen atoms in total. The second-order valence-corrected chi connectivity index (χ2v) is 2.90. The molecule has 0 aromatic carbocycles. The van der Waals surface area contributed by atoms with E-state index in [4.69, 9.17) is 5.26 Å². The van der Waals surface area contributed by atoms with Gasteiger partial charge in [0.05, 0.1) is 10.9 Å². The maximum atomic E-state index is 8.29. The summed E-state index contributed by atoms with van der Waals surface area (Å²) >= 11 is 1.17. The van der Waals surface area contributed by atoms with Crippen molar-refractivity contribution in [2.45, 2.75) is 12.2 Å². The first-order chi connectivity index (χ1) is 4.84. The standard InChI is InChI=1S/C6H6N2OS/c1-5(10-4-7)6-2-3-9-8-6/h2-3,5H,1H3. The van der Waals surface area contributed by atoms with Crippen molar-refractivity contribution in [2.24, 2.45) is 0 Å². The second kappa shape index (κ2) is 3.28. The maximum absolute atomic E-state index is 8.29. The number of hydrogen-bond acceptors (Lipinski definition) is 4. The minimum atomic E-state index is 0.101. The number of hydrogen-bond donors (Lipinski definition) is 0. The molecule has 1 atom stereocenters.